The zero-order valence-electron chi connectivity index (χ0n) is 6.89. The Hall–Kier alpha value is -0.960. The van der Waals surface area contributed by atoms with Gasteiger partial charge in [0.15, 0.2) is 5.78 Å². The number of ketones is 1. The molecule has 0 fully saturated rings. The molecule has 0 spiro atoms. The maximum Gasteiger partial charge on any atom is 0.167 e. The highest BCUT2D eigenvalue weighted by atomic mass is 79.9. The van der Waals surface area contributed by atoms with Crippen LogP contribution in [0.5, 0.6) is 0 Å². The molecule has 1 nitrogen and oxygen atoms in total. The lowest BCUT2D eigenvalue weighted by molar-refractivity contribution is 0.0994. The minimum Gasteiger partial charge on any atom is -0.294 e. The highest BCUT2D eigenvalue weighted by Crippen LogP contribution is 2.21. The van der Waals surface area contributed by atoms with Gasteiger partial charge < -0.3 is 0 Å². The summed E-state index contributed by atoms with van der Waals surface area (Å²) in [6, 6.07) is 4.39. The Morgan fingerprint density at radius 3 is 2.92 bits per heavy atom. The van der Waals surface area contributed by atoms with Gasteiger partial charge in [0.2, 0.25) is 0 Å². The van der Waals surface area contributed by atoms with Crippen LogP contribution in [0.15, 0.2) is 35.3 Å². The van der Waals surface area contributed by atoms with Crippen molar-refractivity contribution in [3.8, 4) is 0 Å². The minimum atomic E-state index is -0.421. The van der Waals surface area contributed by atoms with Gasteiger partial charge >= 0.3 is 0 Å². The highest BCUT2D eigenvalue weighted by molar-refractivity contribution is 9.10. The van der Waals surface area contributed by atoms with Crippen LogP contribution >= 0.6 is 15.9 Å². The largest absolute Gasteiger partial charge is 0.294 e. The Morgan fingerprint density at radius 2 is 2.31 bits per heavy atom. The fourth-order valence-electron chi connectivity index (χ4n) is 0.960. The van der Waals surface area contributed by atoms with Gasteiger partial charge in [-0.15, -0.1) is 6.58 Å². The van der Waals surface area contributed by atoms with Gasteiger partial charge in [-0.2, -0.15) is 0 Å². The first-order valence-corrected chi connectivity index (χ1v) is 4.54. The van der Waals surface area contributed by atoms with E-state index in [0.29, 0.717) is 5.56 Å². The molecule has 0 aliphatic rings. The number of halogens is 2. The van der Waals surface area contributed by atoms with Gasteiger partial charge in [-0.05, 0) is 22.0 Å². The maximum absolute atomic E-state index is 13.0. The van der Waals surface area contributed by atoms with E-state index in [4.69, 9.17) is 0 Å². The van der Waals surface area contributed by atoms with E-state index in [2.05, 4.69) is 22.5 Å². The second-order valence-electron chi connectivity index (χ2n) is 2.52. The van der Waals surface area contributed by atoms with Gasteiger partial charge in [-0.1, -0.05) is 18.2 Å². The summed E-state index contributed by atoms with van der Waals surface area (Å²) >= 11 is 3.02. The van der Waals surface area contributed by atoms with Crippen molar-refractivity contribution in [1.82, 2.24) is 0 Å². The first-order valence-electron chi connectivity index (χ1n) is 3.75. The summed E-state index contributed by atoms with van der Waals surface area (Å²) < 4.78 is 13.2. The Kier molecular flexibility index (Phi) is 3.37. The molecule has 0 radical (unpaired) electrons. The van der Waals surface area contributed by atoms with Crippen LogP contribution in [0.4, 0.5) is 4.39 Å². The van der Waals surface area contributed by atoms with E-state index in [1.54, 1.807) is 6.07 Å². The predicted molar refractivity (Wildman–Crippen MR) is 53.2 cm³/mol. The molecule has 3 heteroatoms. The fraction of sp³-hybridized carbons (Fsp3) is 0.100. The molecule has 0 bridgehead atoms. The third-order valence-corrected chi connectivity index (χ3v) is 2.39. The summed E-state index contributed by atoms with van der Waals surface area (Å²) in [7, 11) is 0. The molecule has 0 aliphatic heterocycles. The van der Waals surface area contributed by atoms with Crippen LogP contribution in [0, 0.1) is 5.82 Å². The molecular weight excluding hydrogens is 235 g/mol. The summed E-state index contributed by atoms with van der Waals surface area (Å²) in [4.78, 5) is 11.3. The molecule has 68 valence electrons. The summed E-state index contributed by atoms with van der Waals surface area (Å²) in [6.45, 7) is 3.45. The van der Waals surface area contributed by atoms with Gasteiger partial charge in [-0.25, -0.2) is 4.39 Å². The molecule has 0 aliphatic carbocycles. The van der Waals surface area contributed by atoms with Crippen molar-refractivity contribution >= 4 is 21.7 Å². The standard InChI is InChI=1S/C10H8BrFO/c1-2-4-9(13)7-5-3-6-8(12)10(7)11/h2-3,5-6H,1,4H2. The van der Waals surface area contributed by atoms with E-state index in [9.17, 15) is 9.18 Å². The molecular formula is C10H8BrFO. The van der Waals surface area contributed by atoms with Crippen molar-refractivity contribution in [2.24, 2.45) is 0 Å². The zero-order chi connectivity index (χ0) is 9.84. The number of allylic oxidation sites excluding steroid dienone is 1. The predicted octanol–water partition coefficient (Wildman–Crippen LogP) is 3.35. The normalized spacial score (nSPS) is 9.69. The van der Waals surface area contributed by atoms with Crippen LogP contribution in [0.3, 0.4) is 0 Å². The lowest BCUT2D eigenvalue weighted by Gasteiger charge is -2.01. The SMILES string of the molecule is C=CCC(=O)c1cccc(F)c1Br. The second-order valence-corrected chi connectivity index (χ2v) is 3.31. The van der Waals surface area contributed by atoms with Gasteiger partial charge in [-0.3, -0.25) is 4.79 Å². The molecule has 0 unspecified atom stereocenters. The average molecular weight is 243 g/mol. The smallest absolute Gasteiger partial charge is 0.167 e. The quantitative estimate of drug-likeness (QED) is 0.587. The number of hydrogen-bond acceptors (Lipinski definition) is 1. The van der Waals surface area contributed by atoms with Crippen LogP contribution < -0.4 is 0 Å². The van der Waals surface area contributed by atoms with Gasteiger partial charge in [0.25, 0.3) is 0 Å². The van der Waals surface area contributed by atoms with Gasteiger partial charge in [0.1, 0.15) is 5.82 Å². The lowest BCUT2D eigenvalue weighted by Crippen LogP contribution is -1.99. The van der Waals surface area contributed by atoms with Crippen LogP contribution in [0.2, 0.25) is 0 Å². The molecule has 1 rings (SSSR count). The second kappa shape index (κ2) is 4.33. The van der Waals surface area contributed by atoms with E-state index < -0.39 is 5.82 Å². The molecule has 13 heavy (non-hydrogen) atoms. The first kappa shape index (κ1) is 10.1. The van der Waals surface area contributed by atoms with Crippen molar-refractivity contribution in [3.05, 3.63) is 46.7 Å². The topological polar surface area (TPSA) is 17.1 Å². The zero-order valence-corrected chi connectivity index (χ0v) is 8.47. The fourth-order valence-corrected chi connectivity index (χ4v) is 1.45. The number of hydrogen-bond donors (Lipinski definition) is 0. The Bertz CT molecular complexity index is 347. The molecule has 0 heterocycles. The van der Waals surface area contributed by atoms with Crippen molar-refractivity contribution in [3.63, 3.8) is 0 Å². The molecule has 0 saturated heterocycles. The van der Waals surface area contributed by atoms with Gasteiger partial charge in [0.05, 0.1) is 4.47 Å². The van der Waals surface area contributed by atoms with E-state index in [1.807, 2.05) is 0 Å². The summed E-state index contributed by atoms with van der Waals surface area (Å²) in [6.07, 6.45) is 1.72. The third kappa shape index (κ3) is 2.25. The molecule has 1 aromatic rings. The van der Waals surface area contributed by atoms with Crippen LogP contribution in [0.1, 0.15) is 16.8 Å². The molecule has 0 saturated carbocycles. The number of carbonyl (C=O) groups excluding carboxylic acids is 1. The Morgan fingerprint density at radius 1 is 1.62 bits per heavy atom. The van der Waals surface area contributed by atoms with Crippen LogP contribution in [-0.4, -0.2) is 5.78 Å². The monoisotopic (exact) mass is 242 g/mol. The number of rotatable bonds is 3. The van der Waals surface area contributed by atoms with E-state index in [1.165, 1.54) is 18.2 Å². The number of benzene rings is 1. The van der Waals surface area contributed by atoms with Crippen LogP contribution in [0.25, 0.3) is 0 Å². The van der Waals surface area contributed by atoms with E-state index in [0.717, 1.165) is 0 Å². The van der Waals surface area contributed by atoms with Crippen molar-refractivity contribution < 1.29 is 9.18 Å². The average Bonchev–Trinajstić information content (AvgIpc) is 2.10. The lowest BCUT2D eigenvalue weighted by atomic mass is 10.1. The van der Waals surface area contributed by atoms with E-state index in [-0.39, 0.29) is 16.7 Å². The van der Waals surface area contributed by atoms with Crippen molar-refractivity contribution in [1.29, 1.82) is 0 Å². The Balaban J connectivity index is 3.07. The van der Waals surface area contributed by atoms with Crippen LogP contribution in [-0.2, 0) is 0 Å². The first-order chi connectivity index (χ1) is 6.16. The van der Waals surface area contributed by atoms with E-state index >= 15 is 0 Å². The molecule has 1 aromatic carbocycles. The molecule has 0 aromatic heterocycles. The molecule has 0 amide bonds. The summed E-state index contributed by atoms with van der Waals surface area (Å²) in [5, 5.41) is 0. The number of carbonyl (C=O) groups is 1. The summed E-state index contributed by atoms with van der Waals surface area (Å²) in [5.41, 5.74) is 0.361. The minimum absolute atomic E-state index is 0.138. The highest BCUT2D eigenvalue weighted by Gasteiger charge is 2.10. The summed E-state index contributed by atoms with van der Waals surface area (Å²) in [5.74, 6) is -0.559. The van der Waals surface area contributed by atoms with Crippen molar-refractivity contribution in [2.75, 3.05) is 0 Å². The van der Waals surface area contributed by atoms with Crippen molar-refractivity contribution in [2.45, 2.75) is 6.42 Å². The maximum atomic E-state index is 13.0. The third-order valence-electron chi connectivity index (χ3n) is 1.58. The molecule has 0 N–H and O–H groups in total. The Labute approximate surface area is 84.4 Å². The molecule has 0 atom stereocenters. The number of Topliss-reactive ketones (excluding diaryl/α,β-unsaturated/α-hetero) is 1. The van der Waals surface area contributed by atoms with Gasteiger partial charge in [0, 0.05) is 12.0 Å².